The molecule has 0 saturated heterocycles. The molecule has 1 atom stereocenters. The van der Waals surface area contributed by atoms with Gasteiger partial charge in [-0.2, -0.15) is 0 Å². The summed E-state index contributed by atoms with van der Waals surface area (Å²) in [6, 6.07) is 13.1. The topological polar surface area (TPSA) is 75.3 Å². The van der Waals surface area contributed by atoms with Gasteiger partial charge in [0.05, 0.1) is 11.1 Å². The lowest BCUT2D eigenvalue weighted by Gasteiger charge is -2.15. The molecule has 0 radical (unpaired) electrons. The molecule has 0 aliphatic heterocycles. The van der Waals surface area contributed by atoms with Crippen molar-refractivity contribution in [3.05, 3.63) is 81.9 Å². The molecule has 3 aromatic rings. The Hall–Kier alpha value is -2.42. The minimum atomic E-state index is -3.70. The van der Waals surface area contributed by atoms with E-state index in [0.29, 0.717) is 5.56 Å². The normalized spacial score (nSPS) is 12.4. The highest BCUT2D eigenvalue weighted by Gasteiger charge is 2.17. The first-order valence-corrected chi connectivity index (χ1v) is 10.9. The molecule has 2 aromatic carbocycles. The molecule has 0 fully saturated rings. The predicted octanol–water partition coefficient (Wildman–Crippen LogP) is 4.83. The smallest absolute Gasteiger partial charge is 0.271 e. The van der Waals surface area contributed by atoms with E-state index in [9.17, 15) is 17.6 Å². The fraction of sp³-hybridized carbons (Fsp3) is 0.105. The first-order chi connectivity index (χ1) is 13.3. The summed E-state index contributed by atoms with van der Waals surface area (Å²) < 4.78 is 40.6. The number of anilines is 1. The van der Waals surface area contributed by atoms with Gasteiger partial charge in [0.15, 0.2) is 0 Å². The van der Waals surface area contributed by atoms with Gasteiger partial charge in [-0.05, 0) is 54.3 Å². The van der Waals surface area contributed by atoms with Crippen LogP contribution in [0.2, 0.25) is 5.02 Å². The van der Waals surface area contributed by atoms with Gasteiger partial charge in [-0.25, -0.2) is 12.8 Å². The number of sulfonamides is 1. The maximum atomic E-state index is 13.3. The molecule has 1 heterocycles. The van der Waals surface area contributed by atoms with Gasteiger partial charge in [0.1, 0.15) is 10.0 Å². The van der Waals surface area contributed by atoms with Crippen molar-refractivity contribution in [2.75, 3.05) is 4.72 Å². The second-order valence-corrected chi connectivity index (χ2v) is 9.25. The second kappa shape index (κ2) is 8.30. The lowest BCUT2D eigenvalue weighted by atomic mass is 10.1. The van der Waals surface area contributed by atoms with Crippen molar-refractivity contribution in [2.24, 2.45) is 0 Å². The molecule has 3 rings (SSSR count). The fourth-order valence-corrected chi connectivity index (χ4v) is 4.72. The molecule has 1 amide bonds. The number of nitrogens with one attached hydrogen (secondary N) is 2. The second-order valence-electron chi connectivity index (χ2n) is 5.99. The van der Waals surface area contributed by atoms with Crippen molar-refractivity contribution in [2.45, 2.75) is 17.2 Å². The Morgan fingerprint density at radius 2 is 1.93 bits per heavy atom. The van der Waals surface area contributed by atoms with Crippen molar-refractivity contribution in [1.29, 1.82) is 0 Å². The van der Waals surface area contributed by atoms with E-state index in [1.54, 1.807) is 36.6 Å². The molecule has 0 bridgehead atoms. The molecule has 28 heavy (non-hydrogen) atoms. The fourth-order valence-electron chi connectivity index (χ4n) is 2.49. The highest BCUT2D eigenvalue weighted by atomic mass is 35.5. The lowest BCUT2D eigenvalue weighted by molar-refractivity contribution is 0.0940. The van der Waals surface area contributed by atoms with Crippen LogP contribution in [0.15, 0.2) is 64.2 Å². The standard InChI is InChI=1S/C19H16ClFN2O3S2/c1-12(13-7-8-17(21)16(20)11-13)22-19(24)14-4-2-5-15(10-14)23-28(25,26)18-6-3-9-27-18/h2-12,23H,1H3,(H,22,24). The van der Waals surface area contributed by atoms with Crippen LogP contribution in [0.1, 0.15) is 28.9 Å². The summed E-state index contributed by atoms with van der Waals surface area (Å²) >= 11 is 6.88. The van der Waals surface area contributed by atoms with Crippen molar-refractivity contribution >= 4 is 44.6 Å². The van der Waals surface area contributed by atoms with Gasteiger partial charge in [-0.1, -0.05) is 29.8 Å². The summed E-state index contributed by atoms with van der Waals surface area (Å²) in [4.78, 5) is 12.5. The summed E-state index contributed by atoms with van der Waals surface area (Å²) in [5.41, 5.74) is 1.21. The molecule has 0 aliphatic rings. The Morgan fingerprint density at radius 3 is 2.61 bits per heavy atom. The molecular formula is C19H16ClFN2O3S2. The van der Waals surface area contributed by atoms with Crippen molar-refractivity contribution in [1.82, 2.24) is 5.32 Å². The third-order valence-electron chi connectivity index (χ3n) is 3.93. The van der Waals surface area contributed by atoms with Gasteiger partial charge in [0.25, 0.3) is 15.9 Å². The monoisotopic (exact) mass is 438 g/mol. The Morgan fingerprint density at radius 1 is 1.14 bits per heavy atom. The van der Waals surface area contributed by atoms with Crippen LogP contribution in [0.25, 0.3) is 0 Å². The van der Waals surface area contributed by atoms with E-state index in [1.807, 2.05) is 0 Å². The Kier molecular flexibility index (Phi) is 6.02. The Balaban J connectivity index is 1.74. The zero-order valence-electron chi connectivity index (χ0n) is 14.6. The first kappa shape index (κ1) is 20.3. The molecule has 9 heteroatoms. The van der Waals surface area contributed by atoms with Crippen LogP contribution < -0.4 is 10.0 Å². The predicted molar refractivity (Wildman–Crippen MR) is 109 cm³/mol. The SMILES string of the molecule is CC(NC(=O)c1cccc(NS(=O)(=O)c2cccs2)c1)c1ccc(F)c(Cl)c1. The number of amides is 1. The molecular weight excluding hydrogens is 423 g/mol. The average Bonchev–Trinajstić information content (AvgIpc) is 3.19. The number of hydrogen-bond donors (Lipinski definition) is 2. The Bertz CT molecular complexity index is 1100. The van der Waals surface area contributed by atoms with Crippen LogP contribution >= 0.6 is 22.9 Å². The van der Waals surface area contributed by atoms with E-state index in [-0.39, 0.29) is 20.5 Å². The lowest BCUT2D eigenvalue weighted by Crippen LogP contribution is -2.26. The summed E-state index contributed by atoms with van der Waals surface area (Å²) in [5, 5.41) is 4.43. The zero-order chi connectivity index (χ0) is 20.3. The highest BCUT2D eigenvalue weighted by molar-refractivity contribution is 7.94. The van der Waals surface area contributed by atoms with Crippen molar-refractivity contribution in [3.63, 3.8) is 0 Å². The van der Waals surface area contributed by atoms with Gasteiger partial charge in [-0.3, -0.25) is 9.52 Å². The maximum Gasteiger partial charge on any atom is 0.271 e. The number of halogens is 2. The summed E-state index contributed by atoms with van der Waals surface area (Å²) in [7, 11) is -3.70. The molecule has 5 nitrogen and oxygen atoms in total. The first-order valence-electron chi connectivity index (χ1n) is 8.18. The maximum absolute atomic E-state index is 13.3. The zero-order valence-corrected chi connectivity index (χ0v) is 17.0. The minimum Gasteiger partial charge on any atom is -0.346 e. The average molecular weight is 439 g/mol. The van der Waals surface area contributed by atoms with Gasteiger partial charge in [0.2, 0.25) is 0 Å². The van der Waals surface area contributed by atoms with Gasteiger partial charge >= 0.3 is 0 Å². The van der Waals surface area contributed by atoms with E-state index in [2.05, 4.69) is 10.0 Å². The number of hydrogen-bond acceptors (Lipinski definition) is 4. The third-order valence-corrected chi connectivity index (χ3v) is 7.00. The van der Waals surface area contributed by atoms with Crippen LogP contribution in [0.5, 0.6) is 0 Å². The van der Waals surface area contributed by atoms with Gasteiger partial charge < -0.3 is 5.32 Å². The summed E-state index contributed by atoms with van der Waals surface area (Å²) in [6.07, 6.45) is 0. The van der Waals surface area contributed by atoms with E-state index in [4.69, 9.17) is 11.6 Å². The molecule has 1 aromatic heterocycles. The molecule has 0 aliphatic carbocycles. The largest absolute Gasteiger partial charge is 0.346 e. The Labute approximate surface area is 171 Å². The van der Waals surface area contributed by atoms with E-state index in [1.165, 1.54) is 30.3 Å². The van der Waals surface area contributed by atoms with Crippen molar-refractivity contribution < 1.29 is 17.6 Å². The van der Waals surface area contributed by atoms with Crippen LogP contribution in [0, 0.1) is 5.82 Å². The van der Waals surface area contributed by atoms with Gasteiger partial charge in [-0.15, -0.1) is 11.3 Å². The van der Waals surface area contributed by atoms with E-state index in [0.717, 1.165) is 11.3 Å². The number of benzene rings is 2. The van der Waals surface area contributed by atoms with E-state index >= 15 is 0 Å². The molecule has 2 N–H and O–H groups in total. The molecule has 0 saturated carbocycles. The van der Waals surface area contributed by atoms with Crippen LogP contribution in [0.3, 0.4) is 0 Å². The van der Waals surface area contributed by atoms with Crippen LogP contribution in [0.4, 0.5) is 10.1 Å². The summed E-state index contributed by atoms with van der Waals surface area (Å²) in [5.74, 6) is -0.931. The number of thiophene rings is 1. The number of rotatable bonds is 6. The number of carbonyl (C=O) groups is 1. The van der Waals surface area contributed by atoms with Crippen LogP contribution in [-0.2, 0) is 10.0 Å². The molecule has 1 unspecified atom stereocenters. The quantitative estimate of drug-likeness (QED) is 0.578. The minimum absolute atomic E-state index is 0.0245. The highest BCUT2D eigenvalue weighted by Crippen LogP contribution is 2.23. The van der Waals surface area contributed by atoms with Crippen LogP contribution in [-0.4, -0.2) is 14.3 Å². The molecule has 146 valence electrons. The van der Waals surface area contributed by atoms with Gasteiger partial charge in [0, 0.05) is 11.3 Å². The van der Waals surface area contributed by atoms with Crippen molar-refractivity contribution in [3.8, 4) is 0 Å². The van der Waals surface area contributed by atoms with E-state index < -0.39 is 27.8 Å². The molecule has 0 spiro atoms. The summed E-state index contributed by atoms with van der Waals surface area (Å²) in [6.45, 7) is 1.74. The third kappa shape index (κ3) is 4.70. The number of carbonyl (C=O) groups excluding carboxylic acids is 1.